The average Bonchev–Trinajstić information content (AvgIpc) is 2.85. The van der Waals surface area contributed by atoms with E-state index in [4.69, 9.17) is 16.3 Å². The predicted molar refractivity (Wildman–Crippen MR) is 79.4 cm³/mol. The molecule has 104 valence electrons. The molecule has 0 aliphatic heterocycles. The second-order valence-electron chi connectivity index (χ2n) is 4.52. The van der Waals surface area contributed by atoms with E-state index in [0.717, 1.165) is 16.6 Å². The number of fused-ring (bicyclic) bond motifs is 3. The highest BCUT2D eigenvalue weighted by atomic mass is 35.5. The van der Waals surface area contributed by atoms with Crippen LogP contribution >= 0.6 is 11.6 Å². The number of aromatic amines is 2. The number of hydrogen-bond acceptors (Lipinski definition) is 3. The van der Waals surface area contributed by atoms with Crippen molar-refractivity contribution in [2.75, 3.05) is 13.2 Å². The number of hydrogen-bond donors (Lipinski definition) is 2. The number of H-pyrrole nitrogens is 2. The summed E-state index contributed by atoms with van der Waals surface area (Å²) in [4.78, 5) is 15.1. The van der Waals surface area contributed by atoms with Crippen LogP contribution < -0.4 is 5.56 Å². The zero-order valence-corrected chi connectivity index (χ0v) is 11.8. The van der Waals surface area contributed by atoms with Crippen LogP contribution in [0.2, 0.25) is 5.02 Å². The van der Waals surface area contributed by atoms with E-state index >= 15 is 0 Å². The Balaban J connectivity index is 2.19. The van der Waals surface area contributed by atoms with Gasteiger partial charge >= 0.3 is 0 Å². The van der Waals surface area contributed by atoms with Crippen LogP contribution in [0.25, 0.3) is 21.8 Å². The molecule has 0 aliphatic rings. The third kappa shape index (κ3) is 2.19. The Morgan fingerprint density at radius 2 is 2.25 bits per heavy atom. The summed E-state index contributed by atoms with van der Waals surface area (Å²) >= 11 is 6.02. The molecule has 0 unspecified atom stereocenters. The second-order valence-corrected chi connectivity index (χ2v) is 4.95. The lowest BCUT2D eigenvalue weighted by atomic mass is 10.1. The van der Waals surface area contributed by atoms with Crippen LogP contribution in [0.5, 0.6) is 0 Å². The monoisotopic (exact) mass is 291 g/mol. The van der Waals surface area contributed by atoms with Crippen molar-refractivity contribution in [2.24, 2.45) is 0 Å². The van der Waals surface area contributed by atoms with E-state index in [1.807, 2.05) is 13.0 Å². The minimum absolute atomic E-state index is 0.143. The summed E-state index contributed by atoms with van der Waals surface area (Å²) in [5.41, 5.74) is 2.03. The molecule has 2 heterocycles. The largest absolute Gasteiger partial charge is 0.381 e. The molecule has 2 N–H and O–H groups in total. The Bertz CT molecular complexity index is 822. The summed E-state index contributed by atoms with van der Waals surface area (Å²) in [6.07, 6.45) is 0.624. The molecule has 1 aromatic carbocycles. The second kappa shape index (κ2) is 5.26. The van der Waals surface area contributed by atoms with Gasteiger partial charge in [0.05, 0.1) is 23.2 Å². The predicted octanol–water partition coefficient (Wildman–Crippen LogP) is 2.64. The fraction of sp³-hybridized carbons (Fsp3) is 0.286. The summed E-state index contributed by atoms with van der Waals surface area (Å²) in [6, 6.07) is 5.34. The molecule has 0 spiro atoms. The summed E-state index contributed by atoms with van der Waals surface area (Å²) in [7, 11) is 0. The Kier molecular flexibility index (Phi) is 3.46. The van der Waals surface area contributed by atoms with Crippen molar-refractivity contribution < 1.29 is 4.74 Å². The maximum Gasteiger partial charge on any atom is 0.259 e. The zero-order chi connectivity index (χ0) is 14.1. The topological polar surface area (TPSA) is 70.8 Å². The Labute approximate surface area is 119 Å². The van der Waals surface area contributed by atoms with E-state index in [1.165, 1.54) is 0 Å². The van der Waals surface area contributed by atoms with Gasteiger partial charge in [0.1, 0.15) is 5.52 Å². The van der Waals surface area contributed by atoms with E-state index in [1.54, 1.807) is 12.1 Å². The summed E-state index contributed by atoms with van der Waals surface area (Å²) in [5.74, 6) is 0. The summed E-state index contributed by atoms with van der Waals surface area (Å²) in [6.45, 7) is 3.15. The van der Waals surface area contributed by atoms with Gasteiger partial charge in [-0.2, -0.15) is 5.10 Å². The van der Waals surface area contributed by atoms with Crippen LogP contribution in [0, 0.1) is 0 Å². The number of halogens is 1. The van der Waals surface area contributed by atoms with Gasteiger partial charge in [-0.1, -0.05) is 11.6 Å². The summed E-state index contributed by atoms with van der Waals surface area (Å²) in [5, 5.41) is 9.24. The number of rotatable bonds is 4. The Morgan fingerprint density at radius 3 is 3.05 bits per heavy atom. The van der Waals surface area contributed by atoms with Crippen molar-refractivity contribution in [1.29, 1.82) is 0 Å². The molecule has 3 aromatic rings. The normalized spacial score (nSPS) is 11.5. The van der Waals surface area contributed by atoms with Crippen molar-refractivity contribution in [3.05, 3.63) is 39.3 Å². The SMILES string of the molecule is CCOCCc1[nH]nc2c1c(=O)[nH]c1ccc(Cl)cc12. The van der Waals surface area contributed by atoms with Crippen molar-refractivity contribution in [3.63, 3.8) is 0 Å². The van der Waals surface area contributed by atoms with Crippen molar-refractivity contribution in [3.8, 4) is 0 Å². The van der Waals surface area contributed by atoms with E-state index in [-0.39, 0.29) is 5.56 Å². The summed E-state index contributed by atoms with van der Waals surface area (Å²) < 4.78 is 5.32. The molecule has 0 saturated carbocycles. The number of nitrogens with one attached hydrogen (secondary N) is 2. The highest BCUT2D eigenvalue weighted by molar-refractivity contribution is 6.31. The molecule has 0 amide bonds. The lowest BCUT2D eigenvalue weighted by molar-refractivity contribution is 0.150. The maximum atomic E-state index is 12.2. The number of aromatic nitrogens is 3. The maximum absolute atomic E-state index is 12.2. The first kappa shape index (κ1) is 13.1. The minimum Gasteiger partial charge on any atom is -0.381 e. The molecule has 6 heteroatoms. The fourth-order valence-corrected chi connectivity index (χ4v) is 2.50. The van der Waals surface area contributed by atoms with E-state index in [2.05, 4.69) is 15.2 Å². The lowest BCUT2D eigenvalue weighted by Crippen LogP contribution is -2.08. The Morgan fingerprint density at radius 1 is 1.40 bits per heavy atom. The van der Waals surface area contributed by atoms with Crippen molar-refractivity contribution >= 4 is 33.4 Å². The van der Waals surface area contributed by atoms with Gasteiger partial charge in [-0.05, 0) is 25.1 Å². The molecule has 2 aromatic heterocycles. The number of benzene rings is 1. The van der Waals surface area contributed by atoms with Crippen LogP contribution in [-0.2, 0) is 11.2 Å². The molecular formula is C14H14ClN3O2. The van der Waals surface area contributed by atoms with Crippen LogP contribution in [0.4, 0.5) is 0 Å². The van der Waals surface area contributed by atoms with Gasteiger partial charge in [-0.15, -0.1) is 0 Å². The molecule has 0 fully saturated rings. The number of ether oxygens (including phenoxy) is 1. The third-order valence-corrected chi connectivity index (χ3v) is 3.49. The van der Waals surface area contributed by atoms with Gasteiger partial charge in [0, 0.05) is 23.4 Å². The number of pyridine rings is 1. The molecule has 0 radical (unpaired) electrons. The molecule has 0 atom stereocenters. The van der Waals surface area contributed by atoms with Crippen LogP contribution in [0.1, 0.15) is 12.6 Å². The lowest BCUT2D eigenvalue weighted by Gasteiger charge is -2.01. The molecular weight excluding hydrogens is 278 g/mol. The van der Waals surface area contributed by atoms with Crippen molar-refractivity contribution in [1.82, 2.24) is 15.2 Å². The van der Waals surface area contributed by atoms with Gasteiger partial charge in [0.25, 0.3) is 5.56 Å². The Hall–Kier alpha value is -1.85. The molecule has 20 heavy (non-hydrogen) atoms. The first-order valence-corrected chi connectivity index (χ1v) is 6.84. The molecule has 0 saturated heterocycles. The van der Waals surface area contributed by atoms with E-state index in [0.29, 0.717) is 35.6 Å². The standard InChI is InChI=1S/C14H14ClN3O2/c1-2-20-6-5-11-12-13(18-17-11)9-7-8(15)3-4-10(9)16-14(12)19/h3-4,7H,2,5-6H2,1H3,(H,16,19)(H,17,18). The highest BCUT2D eigenvalue weighted by Crippen LogP contribution is 2.24. The first-order valence-electron chi connectivity index (χ1n) is 6.47. The van der Waals surface area contributed by atoms with E-state index < -0.39 is 0 Å². The third-order valence-electron chi connectivity index (χ3n) is 3.25. The molecule has 0 bridgehead atoms. The molecule has 5 nitrogen and oxygen atoms in total. The smallest absolute Gasteiger partial charge is 0.259 e. The number of nitrogens with zero attached hydrogens (tertiary/aromatic N) is 1. The van der Waals surface area contributed by atoms with Gasteiger partial charge in [-0.3, -0.25) is 9.89 Å². The zero-order valence-electron chi connectivity index (χ0n) is 11.0. The van der Waals surface area contributed by atoms with Crippen LogP contribution in [-0.4, -0.2) is 28.4 Å². The van der Waals surface area contributed by atoms with Gasteiger partial charge in [0.2, 0.25) is 0 Å². The van der Waals surface area contributed by atoms with Gasteiger partial charge < -0.3 is 9.72 Å². The molecule has 0 aliphatic carbocycles. The fourth-order valence-electron chi connectivity index (χ4n) is 2.32. The molecule has 3 rings (SSSR count). The first-order chi connectivity index (χ1) is 9.70. The van der Waals surface area contributed by atoms with Gasteiger partial charge in [0.15, 0.2) is 0 Å². The highest BCUT2D eigenvalue weighted by Gasteiger charge is 2.13. The van der Waals surface area contributed by atoms with Gasteiger partial charge in [-0.25, -0.2) is 0 Å². The average molecular weight is 292 g/mol. The van der Waals surface area contributed by atoms with E-state index in [9.17, 15) is 4.79 Å². The quantitative estimate of drug-likeness (QED) is 0.726. The van der Waals surface area contributed by atoms with Crippen LogP contribution in [0.3, 0.4) is 0 Å². The van der Waals surface area contributed by atoms with Crippen LogP contribution in [0.15, 0.2) is 23.0 Å². The van der Waals surface area contributed by atoms with Crippen molar-refractivity contribution in [2.45, 2.75) is 13.3 Å². The minimum atomic E-state index is -0.143.